The second kappa shape index (κ2) is 9.47. The topological polar surface area (TPSA) is 107 Å². The van der Waals surface area contributed by atoms with Gasteiger partial charge in [-0.25, -0.2) is 9.59 Å². The van der Waals surface area contributed by atoms with E-state index in [0.29, 0.717) is 18.5 Å². The van der Waals surface area contributed by atoms with E-state index in [1.807, 2.05) is 20.8 Å². The number of hydrogen-bond acceptors (Lipinski definition) is 7. The third-order valence-electron chi connectivity index (χ3n) is 8.95. The molecule has 8 nitrogen and oxygen atoms in total. The molecule has 0 amide bonds. The van der Waals surface area contributed by atoms with Gasteiger partial charge >= 0.3 is 11.9 Å². The maximum absolute atomic E-state index is 13.0. The van der Waals surface area contributed by atoms with E-state index >= 15 is 0 Å². The molecule has 1 saturated carbocycles. The third-order valence-corrected chi connectivity index (χ3v) is 8.95. The highest BCUT2D eigenvalue weighted by Gasteiger charge is 2.69. The molecule has 2 fully saturated rings. The smallest absolute Gasteiger partial charge is 0.355 e. The van der Waals surface area contributed by atoms with Crippen LogP contribution in [0.2, 0.25) is 0 Å². The van der Waals surface area contributed by atoms with Crippen LogP contribution in [-0.4, -0.2) is 65.3 Å². The average molecular weight is 500 g/mol. The number of H-pyrrole nitrogens is 1. The number of aromatic nitrogens is 1. The molecule has 0 radical (unpaired) electrons. The summed E-state index contributed by atoms with van der Waals surface area (Å²) in [6.45, 7) is 8.01. The number of cyclic esters (lactones) is 1. The van der Waals surface area contributed by atoms with Crippen molar-refractivity contribution in [2.75, 3.05) is 7.11 Å². The number of carbonyl (C=O) groups excluding carboxylic acids is 2. The molecule has 1 aromatic heterocycles. The highest BCUT2D eigenvalue weighted by Crippen LogP contribution is 2.61. The van der Waals surface area contributed by atoms with Crippen LogP contribution in [0.15, 0.2) is 42.1 Å². The van der Waals surface area contributed by atoms with E-state index in [2.05, 4.69) is 30.1 Å². The van der Waals surface area contributed by atoms with Crippen LogP contribution in [0.25, 0.3) is 0 Å². The van der Waals surface area contributed by atoms with Gasteiger partial charge in [0.1, 0.15) is 29.6 Å². The molecular weight excluding hydrogens is 462 g/mol. The molecule has 2 unspecified atom stereocenters. The van der Waals surface area contributed by atoms with Crippen molar-refractivity contribution in [1.82, 2.24) is 4.98 Å². The number of nitrogens with one attached hydrogen (secondary N) is 1. The first-order chi connectivity index (χ1) is 17.2. The van der Waals surface area contributed by atoms with Crippen molar-refractivity contribution in [2.45, 2.75) is 76.7 Å². The van der Waals surface area contributed by atoms with E-state index in [0.717, 1.165) is 5.57 Å². The van der Waals surface area contributed by atoms with Gasteiger partial charge in [-0.2, -0.15) is 0 Å². The molecular formula is C28H37NO7. The van der Waals surface area contributed by atoms with Crippen LogP contribution in [0.5, 0.6) is 0 Å². The Morgan fingerprint density at radius 2 is 2.08 bits per heavy atom. The first-order valence-corrected chi connectivity index (χ1v) is 13.0. The van der Waals surface area contributed by atoms with Crippen molar-refractivity contribution in [1.29, 1.82) is 0 Å². The van der Waals surface area contributed by atoms with Crippen molar-refractivity contribution < 1.29 is 33.6 Å². The highest BCUT2D eigenvalue weighted by atomic mass is 16.6. The molecule has 196 valence electrons. The molecule has 3 heterocycles. The van der Waals surface area contributed by atoms with Gasteiger partial charge in [-0.3, -0.25) is 0 Å². The van der Waals surface area contributed by atoms with Crippen LogP contribution in [0.4, 0.5) is 0 Å². The zero-order valence-corrected chi connectivity index (χ0v) is 21.5. The fourth-order valence-corrected chi connectivity index (χ4v) is 7.09. The summed E-state index contributed by atoms with van der Waals surface area (Å²) in [6, 6.07) is 3.41. The van der Waals surface area contributed by atoms with Crippen LogP contribution >= 0.6 is 0 Å². The second-order valence-corrected chi connectivity index (χ2v) is 10.8. The largest absolute Gasteiger partial charge is 0.460 e. The van der Waals surface area contributed by atoms with Gasteiger partial charge in [0.15, 0.2) is 6.10 Å². The number of aromatic amines is 1. The molecule has 36 heavy (non-hydrogen) atoms. The molecule has 2 aliphatic heterocycles. The number of hydrogen-bond donors (Lipinski definition) is 2. The Kier molecular flexibility index (Phi) is 6.64. The Bertz CT molecular complexity index is 1050. The van der Waals surface area contributed by atoms with Crippen LogP contribution in [-0.2, 0) is 23.7 Å². The maximum Gasteiger partial charge on any atom is 0.355 e. The zero-order chi connectivity index (χ0) is 25.8. The molecule has 1 saturated heterocycles. The Morgan fingerprint density at radius 1 is 1.31 bits per heavy atom. The van der Waals surface area contributed by atoms with E-state index in [1.165, 1.54) is 7.11 Å². The van der Waals surface area contributed by atoms with Crippen molar-refractivity contribution in [3.63, 3.8) is 0 Å². The minimum Gasteiger partial charge on any atom is -0.460 e. The molecule has 2 aliphatic carbocycles. The summed E-state index contributed by atoms with van der Waals surface area (Å²) in [5, 5.41) is 11.7. The molecule has 0 aromatic carbocycles. The number of methoxy groups -OCH3 is 1. The van der Waals surface area contributed by atoms with Crippen molar-refractivity contribution in [2.24, 2.45) is 29.6 Å². The number of carbonyl (C=O) groups is 2. The lowest BCUT2D eigenvalue weighted by molar-refractivity contribution is -0.166. The van der Waals surface area contributed by atoms with Gasteiger partial charge in [0.2, 0.25) is 0 Å². The number of ether oxygens (including phenoxy) is 4. The quantitative estimate of drug-likeness (QED) is 0.483. The van der Waals surface area contributed by atoms with E-state index in [-0.39, 0.29) is 41.7 Å². The lowest BCUT2D eigenvalue weighted by Gasteiger charge is -2.48. The van der Waals surface area contributed by atoms with Gasteiger partial charge in [-0.05, 0) is 37.5 Å². The summed E-state index contributed by atoms with van der Waals surface area (Å²) in [7, 11) is 1.52. The molecule has 2 N–H and O–H groups in total. The molecule has 11 atom stereocenters. The van der Waals surface area contributed by atoms with Crippen LogP contribution in [0, 0.1) is 29.6 Å². The summed E-state index contributed by atoms with van der Waals surface area (Å²) >= 11 is 0. The average Bonchev–Trinajstić information content (AvgIpc) is 3.46. The summed E-state index contributed by atoms with van der Waals surface area (Å²) in [4.78, 5) is 28.8. The summed E-state index contributed by atoms with van der Waals surface area (Å²) in [5.41, 5.74) is 0.532. The molecule has 8 heteroatoms. The fourth-order valence-electron chi connectivity index (χ4n) is 7.09. The highest BCUT2D eigenvalue weighted by molar-refractivity contribution is 5.87. The van der Waals surface area contributed by atoms with Crippen LogP contribution in [0.3, 0.4) is 0 Å². The molecule has 1 aromatic rings. The van der Waals surface area contributed by atoms with Crippen molar-refractivity contribution in [3.8, 4) is 0 Å². The van der Waals surface area contributed by atoms with Gasteiger partial charge in [0.25, 0.3) is 0 Å². The van der Waals surface area contributed by atoms with Crippen LogP contribution < -0.4 is 0 Å². The van der Waals surface area contributed by atoms with E-state index in [4.69, 9.17) is 18.9 Å². The van der Waals surface area contributed by atoms with Gasteiger partial charge in [-0.15, -0.1) is 0 Å². The predicted octanol–water partition coefficient (Wildman–Crippen LogP) is 3.43. The normalized spacial score (nSPS) is 45.3. The zero-order valence-electron chi connectivity index (χ0n) is 21.5. The first-order valence-electron chi connectivity index (χ1n) is 13.0. The Balaban J connectivity index is 1.57. The minimum atomic E-state index is -0.841. The van der Waals surface area contributed by atoms with E-state index < -0.39 is 36.0 Å². The van der Waals surface area contributed by atoms with Gasteiger partial charge in [0, 0.05) is 42.9 Å². The summed E-state index contributed by atoms with van der Waals surface area (Å²) in [5.74, 6) is -1.78. The standard InChI is InChI=1S/C28H37NO7/c1-6-20-14(2)12-15(3)28-17(13-21(33-5)27(32)34-20)9-10-18-22(28)23(30)16(4)24(25(18)36-28)35-26(31)19-8-7-11-29-19/h7-12,14,16-18,20-25,29-30H,6,13H2,1-5H3/b15-12-/t14-,16-,17?,18-,20-,21+,22+,23-,24-,25-,28?/m1/s1. The number of aliphatic hydroxyl groups is 1. The Hall–Kier alpha value is -2.42. The van der Waals surface area contributed by atoms with Gasteiger partial charge in [-0.1, -0.05) is 39.0 Å². The number of aliphatic hydroxyl groups excluding tert-OH is 1. The third kappa shape index (κ3) is 3.76. The number of esters is 2. The minimum absolute atomic E-state index is 0.0472. The monoisotopic (exact) mass is 499 g/mol. The molecule has 5 rings (SSSR count). The number of rotatable bonds is 4. The van der Waals surface area contributed by atoms with E-state index in [1.54, 1.807) is 18.3 Å². The molecule has 1 spiro atoms. The lowest BCUT2D eigenvalue weighted by Crippen LogP contribution is -2.57. The van der Waals surface area contributed by atoms with Gasteiger partial charge < -0.3 is 29.0 Å². The van der Waals surface area contributed by atoms with E-state index in [9.17, 15) is 14.7 Å². The molecule has 4 bridgehead atoms. The maximum atomic E-state index is 13.0. The lowest BCUT2D eigenvalue weighted by atomic mass is 9.57. The predicted molar refractivity (Wildman–Crippen MR) is 131 cm³/mol. The Labute approximate surface area is 212 Å². The second-order valence-electron chi connectivity index (χ2n) is 10.8. The van der Waals surface area contributed by atoms with Crippen LogP contribution in [0.1, 0.15) is 51.0 Å². The Morgan fingerprint density at radius 3 is 2.75 bits per heavy atom. The summed E-state index contributed by atoms with van der Waals surface area (Å²) < 4.78 is 24.4. The van der Waals surface area contributed by atoms with Crippen molar-refractivity contribution in [3.05, 3.63) is 47.8 Å². The SMILES string of the molecule is CC[C@H]1OC(=O)[C@@H](OC)CC2C=C[C@H]3[C@H]4OC2(/C(C)=C\[C@H]1C)[C@@H]3[C@H](O)[C@@H](C)[C@H]4OC(=O)c1ccc[nH]1. The van der Waals surface area contributed by atoms with Crippen molar-refractivity contribution >= 4 is 11.9 Å². The fraction of sp³-hybridized carbons (Fsp3) is 0.643. The van der Waals surface area contributed by atoms with Gasteiger partial charge in [0.05, 0.1) is 6.10 Å². The summed E-state index contributed by atoms with van der Waals surface area (Å²) in [6.07, 6.45) is 6.19. The first kappa shape index (κ1) is 25.2. The molecule has 4 aliphatic rings.